The summed E-state index contributed by atoms with van der Waals surface area (Å²) in [6.07, 6.45) is 4.83. The van der Waals surface area contributed by atoms with E-state index in [1.54, 1.807) is 0 Å². The van der Waals surface area contributed by atoms with Gasteiger partial charge in [-0.1, -0.05) is 72.7 Å². The van der Waals surface area contributed by atoms with Crippen LogP contribution >= 0.6 is 0 Å². The second-order valence-corrected chi connectivity index (χ2v) is 6.80. The molecular weight excluding hydrogens is 205 g/mol. The van der Waals surface area contributed by atoms with Crippen molar-refractivity contribution in [2.45, 2.75) is 61.1 Å². The van der Waals surface area contributed by atoms with Gasteiger partial charge in [0.25, 0.3) is 0 Å². The summed E-state index contributed by atoms with van der Waals surface area (Å²) in [6.45, 7) is 17.5. The normalized spacial score (nSPS) is 15.2. The summed E-state index contributed by atoms with van der Waals surface area (Å²) in [5, 5.41) is 0. The van der Waals surface area contributed by atoms with Crippen LogP contribution in [0.2, 0.25) is 12.6 Å². The van der Waals surface area contributed by atoms with Crippen molar-refractivity contribution in [2.24, 2.45) is 23.0 Å². The third-order valence-corrected chi connectivity index (χ3v) is 3.92. The highest BCUT2D eigenvalue weighted by molar-refractivity contribution is 6.66. The van der Waals surface area contributed by atoms with Crippen LogP contribution in [0.4, 0.5) is 0 Å². The van der Waals surface area contributed by atoms with E-state index in [-0.39, 0.29) is 0 Å². The summed E-state index contributed by atoms with van der Waals surface area (Å²) in [4.78, 5) is 0. The molecule has 0 saturated carbocycles. The van der Waals surface area contributed by atoms with E-state index < -0.39 is 0 Å². The molecular formula is C15H32BN. The Morgan fingerprint density at radius 2 is 1.76 bits per heavy atom. The van der Waals surface area contributed by atoms with Crippen LogP contribution in [0.15, 0.2) is 11.5 Å². The molecule has 0 aliphatic rings. The molecule has 0 aliphatic carbocycles. The number of nitrogens with two attached hydrogens (primary N) is 1. The van der Waals surface area contributed by atoms with Crippen molar-refractivity contribution in [1.29, 1.82) is 0 Å². The fourth-order valence-corrected chi connectivity index (χ4v) is 2.16. The molecule has 17 heavy (non-hydrogen) atoms. The summed E-state index contributed by atoms with van der Waals surface area (Å²) >= 11 is 0. The lowest BCUT2D eigenvalue weighted by Gasteiger charge is -2.30. The first kappa shape index (κ1) is 16.8. The molecule has 0 aliphatic heterocycles. The van der Waals surface area contributed by atoms with E-state index >= 15 is 0 Å². The van der Waals surface area contributed by atoms with Gasteiger partial charge in [0.1, 0.15) is 0 Å². The second-order valence-electron chi connectivity index (χ2n) is 6.80. The van der Waals surface area contributed by atoms with Gasteiger partial charge in [0, 0.05) is 6.54 Å². The van der Waals surface area contributed by atoms with E-state index in [2.05, 4.69) is 54.5 Å². The lowest BCUT2D eigenvalue weighted by Crippen LogP contribution is -2.29. The van der Waals surface area contributed by atoms with Crippen molar-refractivity contribution in [3.05, 3.63) is 11.5 Å². The molecule has 0 fully saturated rings. The Labute approximate surface area is 109 Å². The van der Waals surface area contributed by atoms with Gasteiger partial charge in [-0.15, -0.1) is 0 Å². The molecule has 2 heteroatoms. The van der Waals surface area contributed by atoms with Gasteiger partial charge >= 0.3 is 0 Å². The maximum atomic E-state index is 5.91. The largest absolute Gasteiger partial charge is 0.328 e. The Morgan fingerprint density at radius 1 is 1.24 bits per heavy atom. The zero-order valence-corrected chi connectivity index (χ0v) is 13.0. The van der Waals surface area contributed by atoms with Gasteiger partial charge < -0.3 is 5.73 Å². The summed E-state index contributed by atoms with van der Waals surface area (Å²) in [5.41, 5.74) is 7.76. The van der Waals surface area contributed by atoms with Crippen LogP contribution in [0.3, 0.4) is 0 Å². The lowest BCUT2D eigenvalue weighted by molar-refractivity contribution is 0.282. The van der Waals surface area contributed by atoms with Crippen LogP contribution in [0.1, 0.15) is 48.5 Å². The van der Waals surface area contributed by atoms with Crippen LogP contribution in [-0.4, -0.2) is 13.3 Å². The third kappa shape index (κ3) is 6.31. The first-order chi connectivity index (χ1) is 7.72. The zero-order chi connectivity index (χ0) is 13.6. The average molecular weight is 237 g/mol. The second kappa shape index (κ2) is 7.26. The summed E-state index contributed by atoms with van der Waals surface area (Å²) < 4.78 is 0. The summed E-state index contributed by atoms with van der Waals surface area (Å²) in [7, 11) is 0. The highest BCUT2D eigenvalue weighted by atomic mass is 14.5. The standard InChI is InChI=1S/C15H32BN/c1-8-16(10-13(4)15(5,6)7)14(11-17)9-12(2)3/h9,12-13H,8,10-11,17H2,1-7H3/b14-9+. The van der Waals surface area contributed by atoms with Gasteiger partial charge in [0.2, 0.25) is 0 Å². The molecule has 0 saturated heterocycles. The molecule has 2 N–H and O–H groups in total. The van der Waals surface area contributed by atoms with Crippen molar-refractivity contribution in [1.82, 2.24) is 0 Å². The maximum Gasteiger partial charge on any atom is 0.171 e. The molecule has 0 aromatic heterocycles. The molecule has 0 radical (unpaired) electrons. The number of hydrogen-bond donors (Lipinski definition) is 1. The number of allylic oxidation sites excluding steroid dienone is 1. The lowest BCUT2D eigenvalue weighted by atomic mass is 9.37. The Kier molecular flexibility index (Phi) is 7.15. The quantitative estimate of drug-likeness (QED) is 0.686. The minimum atomic E-state index is 0.394. The molecule has 0 aromatic rings. The monoisotopic (exact) mass is 237 g/mol. The van der Waals surface area contributed by atoms with E-state index in [9.17, 15) is 0 Å². The number of hydrogen-bond acceptors (Lipinski definition) is 1. The van der Waals surface area contributed by atoms with Gasteiger partial charge in [-0.2, -0.15) is 0 Å². The van der Waals surface area contributed by atoms with Gasteiger partial charge in [0.15, 0.2) is 6.71 Å². The average Bonchev–Trinajstić information content (AvgIpc) is 2.20. The summed E-state index contributed by atoms with van der Waals surface area (Å²) in [6, 6.07) is 0. The first-order valence-electron chi connectivity index (χ1n) is 7.13. The van der Waals surface area contributed by atoms with E-state index in [1.807, 2.05) is 0 Å². The van der Waals surface area contributed by atoms with Gasteiger partial charge in [-0.25, -0.2) is 0 Å². The Hall–Kier alpha value is -0.235. The molecule has 0 aromatic carbocycles. The molecule has 1 unspecified atom stereocenters. The molecule has 100 valence electrons. The Morgan fingerprint density at radius 3 is 2.06 bits per heavy atom. The minimum Gasteiger partial charge on any atom is -0.328 e. The third-order valence-electron chi connectivity index (χ3n) is 3.92. The smallest absolute Gasteiger partial charge is 0.171 e. The van der Waals surface area contributed by atoms with Crippen molar-refractivity contribution < 1.29 is 0 Å². The van der Waals surface area contributed by atoms with Crippen LogP contribution < -0.4 is 5.73 Å². The minimum absolute atomic E-state index is 0.394. The molecule has 1 nitrogen and oxygen atoms in total. The van der Waals surface area contributed by atoms with Crippen molar-refractivity contribution >= 4 is 6.71 Å². The Balaban J connectivity index is 4.72. The van der Waals surface area contributed by atoms with Crippen molar-refractivity contribution in [3.63, 3.8) is 0 Å². The predicted octanol–water partition coefficient (Wildman–Crippen LogP) is 4.26. The van der Waals surface area contributed by atoms with Gasteiger partial charge in [-0.05, 0) is 17.3 Å². The van der Waals surface area contributed by atoms with E-state index in [4.69, 9.17) is 5.73 Å². The molecule has 0 rings (SSSR count). The SMILES string of the molecule is CCB(CC(C)C(C)(C)C)/C(=C/C(C)C)CN. The first-order valence-corrected chi connectivity index (χ1v) is 7.13. The Bertz CT molecular complexity index is 238. The van der Waals surface area contributed by atoms with Crippen molar-refractivity contribution in [2.75, 3.05) is 6.54 Å². The van der Waals surface area contributed by atoms with E-state index in [1.165, 1.54) is 18.1 Å². The van der Waals surface area contributed by atoms with Gasteiger partial charge in [-0.3, -0.25) is 0 Å². The fourth-order valence-electron chi connectivity index (χ4n) is 2.16. The van der Waals surface area contributed by atoms with Crippen LogP contribution in [0.5, 0.6) is 0 Å². The maximum absolute atomic E-state index is 5.91. The van der Waals surface area contributed by atoms with E-state index in [0.717, 1.165) is 5.92 Å². The zero-order valence-electron chi connectivity index (χ0n) is 13.0. The molecule has 1 atom stereocenters. The topological polar surface area (TPSA) is 26.0 Å². The van der Waals surface area contributed by atoms with Crippen LogP contribution in [0.25, 0.3) is 0 Å². The van der Waals surface area contributed by atoms with Crippen molar-refractivity contribution in [3.8, 4) is 0 Å². The molecule has 0 heterocycles. The highest BCUT2D eigenvalue weighted by Gasteiger charge is 2.26. The molecule has 0 amide bonds. The summed E-state index contributed by atoms with van der Waals surface area (Å²) in [5.74, 6) is 1.34. The van der Waals surface area contributed by atoms with Crippen LogP contribution in [0, 0.1) is 17.3 Å². The van der Waals surface area contributed by atoms with E-state index in [0.29, 0.717) is 24.6 Å². The van der Waals surface area contributed by atoms with Gasteiger partial charge in [0.05, 0.1) is 0 Å². The highest BCUT2D eigenvalue weighted by Crippen LogP contribution is 2.31. The molecule has 0 spiro atoms. The molecule has 0 bridgehead atoms. The fraction of sp³-hybridized carbons (Fsp3) is 0.867. The number of rotatable bonds is 6. The predicted molar refractivity (Wildman–Crippen MR) is 81.6 cm³/mol. The van der Waals surface area contributed by atoms with Crippen LogP contribution in [-0.2, 0) is 0 Å².